The van der Waals surface area contributed by atoms with Gasteiger partial charge >= 0.3 is 0 Å². The molecule has 0 saturated heterocycles. The molecular weight excluding hydrogens is 290 g/mol. The zero-order chi connectivity index (χ0) is 13.6. The average Bonchev–Trinajstić information content (AvgIpc) is 2.35. The smallest absolute Gasteiger partial charge is 0.0623 e. The van der Waals surface area contributed by atoms with E-state index in [1.807, 2.05) is 7.05 Å². The largest absolute Gasteiger partial charge is 0.379 e. The number of hydrogen-bond acceptors (Lipinski definition) is 2. The Bertz CT molecular complexity index is 365. The molecule has 0 aliphatic rings. The third-order valence-corrected chi connectivity index (χ3v) is 4.17. The lowest BCUT2D eigenvalue weighted by Crippen LogP contribution is -2.25. The maximum absolute atomic E-state index is 5.50. The predicted octanol–water partition coefficient (Wildman–Crippen LogP) is 3.96. The summed E-state index contributed by atoms with van der Waals surface area (Å²) in [7, 11) is 3.79. The molecule has 1 aromatic carbocycles. The molecular formula is C15H24BrNO. The van der Waals surface area contributed by atoms with Crippen LogP contribution in [0.3, 0.4) is 0 Å². The predicted molar refractivity (Wildman–Crippen MR) is 81.1 cm³/mol. The molecule has 3 heteroatoms. The highest BCUT2D eigenvalue weighted by Crippen LogP contribution is 2.30. The number of benzene rings is 1. The second-order valence-electron chi connectivity index (χ2n) is 5.28. The fraction of sp³-hybridized carbons (Fsp3) is 0.600. The third-order valence-electron chi connectivity index (χ3n) is 3.44. The van der Waals surface area contributed by atoms with E-state index >= 15 is 0 Å². The number of nitrogens with one attached hydrogen (secondary N) is 1. The maximum Gasteiger partial charge on any atom is 0.0623 e. The van der Waals surface area contributed by atoms with E-state index in [9.17, 15) is 0 Å². The molecule has 0 aliphatic carbocycles. The molecule has 0 aliphatic heterocycles. The lowest BCUT2D eigenvalue weighted by molar-refractivity contribution is 0.0124. The van der Waals surface area contributed by atoms with Crippen LogP contribution in [0.4, 0.5) is 0 Å². The summed E-state index contributed by atoms with van der Waals surface area (Å²) in [6, 6.07) is 8.47. The summed E-state index contributed by atoms with van der Waals surface area (Å²) >= 11 is 3.65. The number of likely N-dealkylation sites (N-methyl/N-ethyl adjacent to an activating group) is 1. The Balaban J connectivity index is 2.75. The number of halogens is 1. The van der Waals surface area contributed by atoms with Crippen molar-refractivity contribution in [3.8, 4) is 0 Å². The van der Waals surface area contributed by atoms with E-state index in [-0.39, 0.29) is 5.60 Å². The number of rotatable bonds is 7. The van der Waals surface area contributed by atoms with Crippen LogP contribution in [0.1, 0.15) is 38.2 Å². The molecule has 1 unspecified atom stereocenters. The van der Waals surface area contributed by atoms with Gasteiger partial charge < -0.3 is 10.1 Å². The van der Waals surface area contributed by atoms with E-state index in [1.54, 1.807) is 7.11 Å². The van der Waals surface area contributed by atoms with Gasteiger partial charge in [0, 0.05) is 18.1 Å². The summed E-state index contributed by atoms with van der Waals surface area (Å²) in [5, 5.41) is 3.29. The molecule has 18 heavy (non-hydrogen) atoms. The Morgan fingerprint density at radius 1 is 1.33 bits per heavy atom. The highest BCUT2D eigenvalue weighted by Gasteiger charge is 2.21. The van der Waals surface area contributed by atoms with Gasteiger partial charge in [-0.05, 0) is 51.3 Å². The summed E-state index contributed by atoms with van der Waals surface area (Å²) in [6.07, 6.45) is 2.17. The quantitative estimate of drug-likeness (QED) is 0.822. The van der Waals surface area contributed by atoms with E-state index in [1.165, 1.54) is 10.0 Å². The van der Waals surface area contributed by atoms with E-state index in [0.29, 0.717) is 5.92 Å². The van der Waals surface area contributed by atoms with Crippen LogP contribution in [-0.2, 0) is 4.74 Å². The SMILES string of the molecule is CNCC(CCC(C)(C)OC)c1ccccc1Br. The van der Waals surface area contributed by atoms with Crippen LogP contribution in [0, 0.1) is 0 Å². The van der Waals surface area contributed by atoms with Gasteiger partial charge in [-0.15, -0.1) is 0 Å². The molecule has 102 valence electrons. The Labute approximate surface area is 119 Å². The monoisotopic (exact) mass is 313 g/mol. The molecule has 1 N–H and O–H groups in total. The first-order valence-corrected chi connectivity index (χ1v) is 7.23. The average molecular weight is 314 g/mol. The zero-order valence-corrected chi connectivity index (χ0v) is 13.4. The summed E-state index contributed by atoms with van der Waals surface area (Å²) in [5.41, 5.74) is 1.33. The van der Waals surface area contributed by atoms with Gasteiger partial charge in [-0.25, -0.2) is 0 Å². The first-order chi connectivity index (χ1) is 8.50. The van der Waals surface area contributed by atoms with Gasteiger partial charge in [-0.1, -0.05) is 34.1 Å². The lowest BCUT2D eigenvalue weighted by Gasteiger charge is -2.26. The minimum atomic E-state index is -0.0484. The van der Waals surface area contributed by atoms with Crippen LogP contribution < -0.4 is 5.32 Å². The Morgan fingerprint density at radius 2 is 2.00 bits per heavy atom. The van der Waals surface area contributed by atoms with Crippen molar-refractivity contribution in [2.75, 3.05) is 20.7 Å². The normalized spacial score (nSPS) is 13.6. The van der Waals surface area contributed by atoms with E-state index < -0.39 is 0 Å². The maximum atomic E-state index is 5.50. The van der Waals surface area contributed by atoms with Gasteiger partial charge in [-0.2, -0.15) is 0 Å². The Morgan fingerprint density at radius 3 is 2.56 bits per heavy atom. The second kappa shape index (κ2) is 7.27. The van der Waals surface area contributed by atoms with E-state index in [4.69, 9.17) is 4.74 Å². The molecule has 2 nitrogen and oxygen atoms in total. The minimum absolute atomic E-state index is 0.0484. The lowest BCUT2D eigenvalue weighted by atomic mass is 9.89. The minimum Gasteiger partial charge on any atom is -0.379 e. The second-order valence-corrected chi connectivity index (χ2v) is 6.13. The van der Waals surface area contributed by atoms with Gasteiger partial charge in [-0.3, -0.25) is 0 Å². The van der Waals surface area contributed by atoms with Crippen molar-refractivity contribution in [2.45, 2.75) is 38.2 Å². The zero-order valence-electron chi connectivity index (χ0n) is 11.8. The number of methoxy groups -OCH3 is 1. The van der Waals surface area contributed by atoms with Crippen molar-refractivity contribution in [1.29, 1.82) is 0 Å². The Kier molecular flexibility index (Phi) is 6.33. The van der Waals surface area contributed by atoms with Crippen molar-refractivity contribution >= 4 is 15.9 Å². The standard InChI is InChI=1S/C15H24BrNO/c1-15(2,18-4)10-9-12(11-17-3)13-7-5-6-8-14(13)16/h5-8,12,17H,9-11H2,1-4H3. The molecule has 0 bridgehead atoms. The highest BCUT2D eigenvalue weighted by atomic mass is 79.9. The molecule has 1 atom stereocenters. The van der Waals surface area contributed by atoms with Crippen LogP contribution in [0.5, 0.6) is 0 Å². The topological polar surface area (TPSA) is 21.3 Å². The highest BCUT2D eigenvalue weighted by molar-refractivity contribution is 9.10. The Hall–Kier alpha value is -0.380. The van der Waals surface area contributed by atoms with Crippen molar-refractivity contribution in [1.82, 2.24) is 5.32 Å². The van der Waals surface area contributed by atoms with Crippen molar-refractivity contribution in [3.63, 3.8) is 0 Å². The van der Waals surface area contributed by atoms with Crippen LogP contribution >= 0.6 is 15.9 Å². The van der Waals surface area contributed by atoms with Gasteiger partial charge in [0.15, 0.2) is 0 Å². The molecule has 0 spiro atoms. The van der Waals surface area contributed by atoms with E-state index in [0.717, 1.165) is 19.4 Å². The van der Waals surface area contributed by atoms with Crippen molar-refractivity contribution < 1.29 is 4.74 Å². The fourth-order valence-corrected chi connectivity index (χ4v) is 2.65. The first-order valence-electron chi connectivity index (χ1n) is 6.44. The molecule has 0 fully saturated rings. The summed E-state index contributed by atoms with van der Waals surface area (Å²) in [6.45, 7) is 5.27. The van der Waals surface area contributed by atoms with Gasteiger partial charge in [0.05, 0.1) is 5.60 Å². The van der Waals surface area contributed by atoms with Crippen LogP contribution in [0.2, 0.25) is 0 Å². The number of ether oxygens (including phenoxy) is 1. The van der Waals surface area contributed by atoms with Gasteiger partial charge in [0.2, 0.25) is 0 Å². The molecule has 1 rings (SSSR count). The van der Waals surface area contributed by atoms with Crippen LogP contribution in [0.25, 0.3) is 0 Å². The van der Waals surface area contributed by atoms with Crippen LogP contribution in [-0.4, -0.2) is 26.3 Å². The van der Waals surface area contributed by atoms with Crippen molar-refractivity contribution in [3.05, 3.63) is 34.3 Å². The summed E-state index contributed by atoms with van der Waals surface area (Å²) < 4.78 is 6.70. The molecule has 0 saturated carbocycles. The number of hydrogen-bond donors (Lipinski definition) is 1. The summed E-state index contributed by atoms with van der Waals surface area (Å²) in [5.74, 6) is 0.514. The fourth-order valence-electron chi connectivity index (χ4n) is 2.04. The first kappa shape index (κ1) is 15.7. The van der Waals surface area contributed by atoms with Crippen molar-refractivity contribution in [2.24, 2.45) is 0 Å². The van der Waals surface area contributed by atoms with Gasteiger partial charge in [0.25, 0.3) is 0 Å². The molecule has 0 aromatic heterocycles. The molecule has 1 aromatic rings. The molecule has 0 radical (unpaired) electrons. The summed E-state index contributed by atoms with van der Waals surface area (Å²) in [4.78, 5) is 0. The third kappa shape index (κ3) is 4.71. The molecule has 0 heterocycles. The van der Waals surface area contributed by atoms with Gasteiger partial charge in [0.1, 0.15) is 0 Å². The molecule has 0 amide bonds. The van der Waals surface area contributed by atoms with Crippen LogP contribution in [0.15, 0.2) is 28.7 Å². The van der Waals surface area contributed by atoms with E-state index in [2.05, 4.69) is 59.4 Å².